The molecule has 1 atom stereocenters. The number of rotatable bonds is 2. The van der Waals surface area contributed by atoms with Crippen molar-refractivity contribution in [1.29, 1.82) is 0 Å². The number of carbonyl (C=O) groups is 1. The van der Waals surface area contributed by atoms with Gasteiger partial charge >= 0.3 is 5.97 Å². The zero-order valence-corrected chi connectivity index (χ0v) is 10.3. The van der Waals surface area contributed by atoms with Crippen molar-refractivity contribution in [2.24, 2.45) is 7.05 Å². The number of aliphatic hydroxyl groups excluding tert-OH is 1. The van der Waals surface area contributed by atoms with Crippen LogP contribution in [-0.2, 0) is 7.05 Å². The number of nitrogens with one attached hydrogen (secondary N) is 1. The summed E-state index contributed by atoms with van der Waals surface area (Å²) in [6, 6.07) is 0. The number of carboxylic acid groups (broad SMARTS) is 1. The van der Waals surface area contributed by atoms with Crippen molar-refractivity contribution in [1.82, 2.24) is 20.0 Å². The highest BCUT2D eigenvalue weighted by Gasteiger charge is 2.39. The van der Waals surface area contributed by atoms with E-state index in [1.54, 1.807) is 0 Å². The lowest BCUT2D eigenvalue weighted by Crippen LogP contribution is -2.61. The summed E-state index contributed by atoms with van der Waals surface area (Å²) in [5, 5.41) is 39.5. The van der Waals surface area contributed by atoms with Crippen LogP contribution in [-0.4, -0.2) is 42.4 Å². The highest BCUT2D eigenvalue weighted by Crippen LogP contribution is 2.31. The lowest BCUT2D eigenvalue weighted by Gasteiger charge is -2.27. The SMILES string of the molecule is C[C@@H](O)N1C=Cc2c(cn(C)c2C(=O)O)[N+](O)(O)N1. The molecule has 9 heteroatoms. The van der Waals surface area contributed by atoms with Crippen molar-refractivity contribution in [2.75, 3.05) is 0 Å². The Morgan fingerprint density at radius 2 is 2.11 bits per heavy atom. The van der Waals surface area contributed by atoms with E-state index in [-0.39, 0.29) is 16.9 Å². The highest BCUT2D eigenvalue weighted by atomic mass is 16.9. The highest BCUT2D eigenvalue weighted by molar-refractivity contribution is 5.93. The molecule has 5 N–H and O–H groups in total. The van der Waals surface area contributed by atoms with Crippen molar-refractivity contribution in [2.45, 2.75) is 13.2 Å². The Hall–Kier alpha value is -1.91. The predicted octanol–water partition coefficient (Wildman–Crippen LogP) is -0.147. The molecule has 0 spiro atoms. The fraction of sp³-hybridized carbons (Fsp3) is 0.300. The summed E-state index contributed by atoms with van der Waals surface area (Å²) in [6.07, 6.45) is 2.94. The van der Waals surface area contributed by atoms with Crippen LogP contribution in [0.5, 0.6) is 0 Å². The number of carboxylic acids is 1. The van der Waals surface area contributed by atoms with Gasteiger partial charge in [-0.3, -0.25) is 0 Å². The molecule has 1 aliphatic heterocycles. The molecule has 2 rings (SSSR count). The van der Waals surface area contributed by atoms with E-state index < -0.39 is 17.1 Å². The monoisotopic (exact) mass is 271 g/mol. The summed E-state index contributed by atoms with van der Waals surface area (Å²) in [5.41, 5.74) is 2.20. The molecule has 0 saturated carbocycles. The lowest BCUT2D eigenvalue weighted by molar-refractivity contribution is -0.355. The minimum Gasteiger partial charge on any atom is -0.477 e. The van der Waals surface area contributed by atoms with Crippen LogP contribution in [0.4, 0.5) is 5.69 Å². The number of aromatic nitrogens is 1. The van der Waals surface area contributed by atoms with Gasteiger partial charge in [0.1, 0.15) is 11.9 Å². The smallest absolute Gasteiger partial charge is 0.353 e. The van der Waals surface area contributed by atoms with Gasteiger partial charge < -0.3 is 14.8 Å². The number of nitrogens with zero attached hydrogens (tertiary/aromatic N) is 3. The Labute approximate surface area is 108 Å². The molecule has 0 radical (unpaired) electrons. The second kappa shape index (κ2) is 4.33. The number of hydrogen-bond donors (Lipinski definition) is 5. The van der Waals surface area contributed by atoms with E-state index >= 15 is 0 Å². The summed E-state index contributed by atoms with van der Waals surface area (Å²) < 4.78 is 1.27. The summed E-state index contributed by atoms with van der Waals surface area (Å²) in [5.74, 6) is -1.20. The number of aromatic carboxylic acids is 1. The summed E-state index contributed by atoms with van der Waals surface area (Å²) in [6.45, 7) is 1.41. The number of hydrazine groups is 1. The van der Waals surface area contributed by atoms with Crippen molar-refractivity contribution < 1.29 is 25.4 Å². The summed E-state index contributed by atoms with van der Waals surface area (Å²) in [7, 11) is 1.48. The Morgan fingerprint density at radius 1 is 1.47 bits per heavy atom. The predicted molar refractivity (Wildman–Crippen MR) is 63.4 cm³/mol. The zero-order valence-electron chi connectivity index (χ0n) is 10.3. The third-order valence-electron chi connectivity index (χ3n) is 2.80. The van der Waals surface area contributed by atoms with Gasteiger partial charge in [0, 0.05) is 18.8 Å². The van der Waals surface area contributed by atoms with Crippen LogP contribution >= 0.6 is 0 Å². The van der Waals surface area contributed by atoms with Crippen LogP contribution < -0.4 is 10.5 Å². The van der Waals surface area contributed by atoms with Gasteiger partial charge in [0.2, 0.25) is 5.69 Å². The van der Waals surface area contributed by atoms with Crippen molar-refractivity contribution in [3.8, 4) is 0 Å². The van der Waals surface area contributed by atoms with Gasteiger partial charge in [0.25, 0.3) is 0 Å². The van der Waals surface area contributed by atoms with Gasteiger partial charge in [0.15, 0.2) is 0 Å². The van der Waals surface area contributed by atoms with E-state index in [0.717, 1.165) is 5.01 Å². The van der Waals surface area contributed by atoms with Crippen LogP contribution in [0.1, 0.15) is 23.0 Å². The van der Waals surface area contributed by atoms with Crippen molar-refractivity contribution in [3.05, 3.63) is 23.7 Å². The minimum absolute atomic E-state index is 0.0701. The molecule has 0 amide bonds. The Kier molecular flexibility index (Phi) is 3.08. The lowest BCUT2D eigenvalue weighted by atomic mass is 10.2. The molecule has 0 bridgehead atoms. The number of hydrogen-bond acceptors (Lipinski definition) is 6. The number of fused-ring (bicyclic) bond motifs is 1. The van der Waals surface area contributed by atoms with E-state index in [2.05, 4.69) is 5.53 Å². The molecule has 0 fully saturated rings. The molecule has 0 saturated heterocycles. The van der Waals surface area contributed by atoms with E-state index in [1.807, 2.05) is 0 Å². The molecular formula is C10H15N4O5+. The van der Waals surface area contributed by atoms with Crippen molar-refractivity contribution >= 4 is 17.7 Å². The molecule has 0 unspecified atom stereocenters. The van der Waals surface area contributed by atoms with Crippen LogP contribution in [0.25, 0.3) is 6.08 Å². The van der Waals surface area contributed by atoms with Gasteiger partial charge in [-0.1, -0.05) is 0 Å². The first-order valence-corrected chi connectivity index (χ1v) is 5.44. The Morgan fingerprint density at radius 3 is 2.63 bits per heavy atom. The normalized spacial score (nSPS) is 18.9. The Bertz CT molecular complexity index is 548. The first-order valence-electron chi connectivity index (χ1n) is 5.44. The van der Waals surface area contributed by atoms with E-state index in [9.17, 15) is 20.3 Å². The van der Waals surface area contributed by atoms with Gasteiger partial charge in [0.05, 0.1) is 16.7 Å². The molecule has 1 aromatic rings. The first-order chi connectivity index (χ1) is 8.74. The summed E-state index contributed by atoms with van der Waals surface area (Å²) in [4.78, 5) is 9.42. The zero-order chi connectivity index (χ0) is 14.4. The van der Waals surface area contributed by atoms with Gasteiger partial charge in [-0.25, -0.2) is 9.80 Å². The van der Waals surface area contributed by atoms with E-state index in [0.29, 0.717) is 0 Å². The fourth-order valence-corrected chi connectivity index (χ4v) is 1.92. The standard InChI is InChI=1S/C10H14N4O5/c1-6(15)13-4-3-7-8(14(18,19)11-13)5-12(2)9(7)10(16)17/h3-6,11,15,18-19H,1-2H3/p+1/t6-/m1/s1. The van der Waals surface area contributed by atoms with Crippen LogP contribution in [0.3, 0.4) is 0 Å². The maximum absolute atomic E-state index is 11.2. The molecule has 19 heavy (non-hydrogen) atoms. The molecule has 9 nitrogen and oxygen atoms in total. The van der Waals surface area contributed by atoms with Gasteiger partial charge in [-0.15, -0.1) is 0 Å². The van der Waals surface area contributed by atoms with E-state index in [4.69, 9.17) is 5.11 Å². The molecule has 1 aromatic heterocycles. The van der Waals surface area contributed by atoms with Crippen LogP contribution in [0.15, 0.2) is 12.4 Å². The molecule has 104 valence electrons. The van der Waals surface area contributed by atoms with Crippen molar-refractivity contribution in [3.63, 3.8) is 0 Å². The molecule has 1 aliphatic rings. The summed E-state index contributed by atoms with van der Waals surface area (Å²) >= 11 is 0. The number of aryl methyl sites for hydroxylation is 1. The number of aliphatic hydroxyl groups is 1. The van der Waals surface area contributed by atoms with Crippen LogP contribution in [0, 0.1) is 0 Å². The third kappa shape index (κ3) is 2.20. The average molecular weight is 271 g/mol. The largest absolute Gasteiger partial charge is 0.477 e. The van der Waals surface area contributed by atoms with E-state index in [1.165, 1.54) is 37.0 Å². The average Bonchev–Trinajstić information content (AvgIpc) is 2.55. The molecule has 0 aromatic carbocycles. The minimum atomic E-state index is -1.77. The van der Waals surface area contributed by atoms with Gasteiger partial charge in [-0.2, -0.15) is 10.4 Å². The number of quaternary nitrogens is 1. The van der Waals surface area contributed by atoms with Gasteiger partial charge in [-0.05, 0) is 13.0 Å². The molecule has 2 heterocycles. The quantitative estimate of drug-likeness (QED) is 0.475. The maximum Gasteiger partial charge on any atom is 0.353 e. The Balaban J connectivity index is 2.61. The molecular weight excluding hydrogens is 256 g/mol. The maximum atomic E-state index is 11.2. The second-order valence-corrected chi connectivity index (χ2v) is 4.25. The molecule has 0 aliphatic carbocycles. The van der Waals surface area contributed by atoms with Crippen LogP contribution in [0.2, 0.25) is 0 Å². The third-order valence-corrected chi connectivity index (χ3v) is 2.80. The first kappa shape index (κ1) is 13.5. The topological polar surface area (TPSA) is 118 Å². The second-order valence-electron chi connectivity index (χ2n) is 4.25. The fourth-order valence-electron chi connectivity index (χ4n) is 1.92.